The van der Waals surface area contributed by atoms with Gasteiger partial charge < -0.3 is 0 Å². The van der Waals surface area contributed by atoms with Gasteiger partial charge in [-0.2, -0.15) is 0 Å². The maximum atomic E-state index is 3.26. The molecular formula is C14H16N2Te. The van der Waals surface area contributed by atoms with E-state index in [1.54, 1.807) is 0 Å². The van der Waals surface area contributed by atoms with Gasteiger partial charge >= 0.3 is 113 Å². The molecule has 0 amide bonds. The van der Waals surface area contributed by atoms with Crippen molar-refractivity contribution in [3.05, 3.63) is 48.5 Å². The fraction of sp³-hybridized carbons (Fsp3) is 0.143. The molecule has 2 rings (SSSR count). The molecule has 2 N–H and O–H groups in total. The molecule has 0 heterocycles. The Bertz CT molecular complexity index is 497. The summed E-state index contributed by atoms with van der Waals surface area (Å²) < 4.78 is 2.90. The van der Waals surface area contributed by atoms with Gasteiger partial charge in [0.1, 0.15) is 0 Å². The molecular weight excluding hydrogens is 324 g/mol. The van der Waals surface area contributed by atoms with Crippen LogP contribution < -0.4 is 17.9 Å². The molecule has 2 aromatic rings. The molecule has 0 radical (unpaired) electrons. The van der Waals surface area contributed by atoms with Crippen molar-refractivity contribution in [2.24, 2.45) is 0 Å². The van der Waals surface area contributed by atoms with Crippen LogP contribution in [-0.2, 0) is 0 Å². The maximum absolute atomic E-state index is 3.26. The molecule has 0 saturated heterocycles. The van der Waals surface area contributed by atoms with Gasteiger partial charge in [0.2, 0.25) is 0 Å². The van der Waals surface area contributed by atoms with Crippen LogP contribution in [0.5, 0.6) is 0 Å². The summed E-state index contributed by atoms with van der Waals surface area (Å²) in [7, 11) is 3.94. The minimum atomic E-state index is -0.320. The summed E-state index contributed by atoms with van der Waals surface area (Å²) in [5.41, 5.74) is 2.44. The quantitative estimate of drug-likeness (QED) is 0.823. The van der Waals surface area contributed by atoms with Crippen LogP contribution in [0.2, 0.25) is 0 Å². The van der Waals surface area contributed by atoms with E-state index in [-0.39, 0.29) is 20.9 Å². The number of nitrogens with one attached hydrogen (secondary N) is 2. The van der Waals surface area contributed by atoms with E-state index in [0.717, 1.165) is 0 Å². The van der Waals surface area contributed by atoms with Crippen LogP contribution in [0.4, 0.5) is 11.4 Å². The predicted molar refractivity (Wildman–Crippen MR) is 77.0 cm³/mol. The minimum absolute atomic E-state index is 0.320. The molecule has 2 aromatic carbocycles. The zero-order valence-electron chi connectivity index (χ0n) is 10.0. The third-order valence-corrected chi connectivity index (χ3v) is 5.55. The van der Waals surface area contributed by atoms with Gasteiger partial charge in [0.25, 0.3) is 0 Å². The van der Waals surface area contributed by atoms with Gasteiger partial charge in [-0.05, 0) is 0 Å². The monoisotopic (exact) mass is 342 g/mol. The Kier molecular flexibility index (Phi) is 4.30. The first kappa shape index (κ1) is 12.3. The second kappa shape index (κ2) is 5.95. The van der Waals surface area contributed by atoms with Crippen LogP contribution in [0.25, 0.3) is 0 Å². The molecule has 0 bridgehead atoms. The summed E-state index contributed by atoms with van der Waals surface area (Å²) >= 11 is -0.320. The van der Waals surface area contributed by atoms with Gasteiger partial charge in [0.05, 0.1) is 0 Å². The van der Waals surface area contributed by atoms with Crippen molar-refractivity contribution in [1.29, 1.82) is 0 Å². The third kappa shape index (κ3) is 3.15. The van der Waals surface area contributed by atoms with Gasteiger partial charge in [-0.15, -0.1) is 0 Å². The van der Waals surface area contributed by atoms with Crippen LogP contribution in [-0.4, -0.2) is 35.0 Å². The summed E-state index contributed by atoms with van der Waals surface area (Å²) in [6.45, 7) is 0. The molecule has 0 aromatic heterocycles. The van der Waals surface area contributed by atoms with Crippen molar-refractivity contribution in [1.82, 2.24) is 0 Å². The summed E-state index contributed by atoms with van der Waals surface area (Å²) in [5.74, 6) is 0. The second-order valence-corrected chi connectivity index (χ2v) is 6.81. The third-order valence-electron chi connectivity index (χ3n) is 2.51. The van der Waals surface area contributed by atoms with Crippen molar-refractivity contribution >= 4 is 39.5 Å². The summed E-state index contributed by atoms with van der Waals surface area (Å²) in [5, 5.41) is 6.45. The van der Waals surface area contributed by atoms with Crippen LogP contribution in [0.1, 0.15) is 0 Å². The van der Waals surface area contributed by atoms with E-state index < -0.39 is 0 Å². The van der Waals surface area contributed by atoms with Crippen LogP contribution in [0.15, 0.2) is 48.5 Å². The Hall–Kier alpha value is -1.17. The number of hydrogen-bond acceptors (Lipinski definition) is 2. The molecule has 0 aliphatic carbocycles. The molecule has 0 atom stereocenters. The van der Waals surface area contributed by atoms with E-state index in [4.69, 9.17) is 0 Å². The van der Waals surface area contributed by atoms with Gasteiger partial charge in [-0.1, -0.05) is 0 Å². The van der Waals surface area contributed by atoms with Crippen LogP contribution >= 0.6 is 0 Å². The molecule has 88 valence electrons. The number of anilines is 2. The average molecular weight is 340 g/mol. The average Bonchev–Trinajstić information content (AvgIpc) is 2.39. The van der Waals surface area contributed by atoms with Crippen molar-refractivity contribution in [3.63, 3.8) is 0 Å². The molecule has 0 aliphatic rings. The Balaban J connectivity index is 2.24. The van der Waals surface area contributed by atoms with Gasteiger partial charge in [-0.25, -0.2) is 0 Å². The van der Waals surface area contributed by atoms with Crippen LogP contribution in [0.3, 0.4) is 0 Å². The van der Waals surface area contributed by atoms with Crippen molar-refractivity contribution in [2.45, 2.75) is 0 Å². The fourth-order valence-corrected chi connectivity index (χ4v) is 4.50. The van der Waals surface area contributed by atoms with E-state index in [9.17, 15) is 0 Å². The Labute approximate surface area is 113 Å². The Morgan fingerprint density at radius 1 is 0.882 bits per heavy atom. The van der Waals surface area contributed by atoms with Gasteiger partial charge in [-0.3, -0.25) is 0 Å². The predicted octanol–water partition coefficient (Wildman–Crippen LogP) is 1.42. The number of rotatable bonds is 4. The molecule has 0 fully saturated rings. The van der Waals surface area contributed by atoms with E-state index in [1.165, 1.54) is 18.6 Å². The van der Waals surface area contributed by atoms with Gasteiger partial charge in [0.15, 0.2) is 0 Å². The van der Waals surface area contributed by atoms with Crippen molar-refractivity contribution < 1.29 is 0 Å². The SMILES string of the molecule is CNc1cccc([Te]c2ccccc2NC)c1. The van der Waals surface area contributed by atoms with Crippen molar-refractivity contribution in [3.8, 4) is 0 Å². The Morgan fingerprint density at radius 3 is 2.47 bits per heavy atom. The molecule has 0 aliphatic heterocycles. The first-order valence-electron chi connectivity index (χ1n) is 5.56. The molecule has 17 heavy (non-hydrogen) atoms. The number of para-hydroxylation sites is 1. The van der Waals surface area contributed by atoms with Crippen molar-refractivity contribution in [2.75, 3.05) is 24.7 Å². The van der Waals surface area contributed by atoms with E-state index in [1.807, 2.05) is 14.1 Å². The van der Waals surface area contributed by atoms with Crippen LogP contribution in [0, 0.1) is 0 Å². The zero-order chi connectivity index (χ0) is 12.1. The first-order chi connectivity index (χ1) is 8.33. The first-order valence-corrected chi connectivity index (χ1v) is 7.89. The number of hydrogen-bond donors (Lipinski definition) is 2. The molecule has 3 heteroatoms. The van der Waals surface area contributed by atoms with E-state index >= 15 is 0 Å². The molecule has 2 nitrogen and oxygen atoms in total. The molecule has 0 saturated carbocycles. The molecule has 0 unspecified atom stereocenters. The second-order valence-electron chi connectivity index (χ2n) is 3.63. The summed E-state index contributed by atoms with van der Waals surface area (Å²) in [6, 6.07) is 17.2. The standard InChI is InChI=1S/C14H16N2Te/c1-15-11-6-5-7-12(10-11)17-14-9-4-3-8-13(14)16-2/h3-10,15-16H,1-2H3. The van der Waals surface area contributed by atoms with E-state index in [2.05, 4.69) is 59.2 Å². The summed E-state index contributed by atoms with van der Waals surface area (Å²) in [6.07, 6.45) is 0. The Morgan fingerprint density at radius 2 is 1.71 bits per heavy atom. The zero-order valence-corrected chi connectivity index (χ0v) is 12.4. The fourth-order valence-electron chi connectivity index (χ4n) is 1.60. The van der Waals surface area contributed by atoms with Gasteiger partial charge in [0, 0.05) is 0 Å². The number of benzene rings is 2. The summed E-state index contributed by atoms with van der Waals surface area (Å²) in [4.78, 5) is 0. The molecule has 0 spiro atoms. The topological polar surface area (TPSA) is 24.1 Å². The van der Waals surface area contributed by atoms with E-state index in [0.29, 0.717) is 0 Å². The normalized spacial score (nSPS) is 10.0.